The van der Waals surface area contributed by atoms with E-state index >= 15 is 0 Å². The summed E-state index contributed by atoms with van der Waals surface area (Å²) in [6, 6.07) is 5.95. The lowest BCUT2D eigenvalue weighted by Gasteiger charge is -2.00. The van der Waals surface area contributed by atoms with Gasteiger partial charge < -0.3 is 0 Å². The van der Waals surface area contributed by atoms with Gasteiger partial charge in [-0.15, -0.1) is 0 Å². The van der Waals surface area contributed by atoms with Crippen LogP contribution in [0.15, 0.2) is 23.1 Å². The number of nitrogens with zero attached hydrogens (tertiary/aromatic N) is 1. The second kappa shape index (κ2) is 3.36. The Morgan fingerprint density at radius 3 is 2.46 bits per heavy atom. The predicted molar refractivity (Wildman–Crippen MR) is 49.3 cm³/mol. The molecule has 0 aliphatic heterocycles. The third-order valence-electron chi connectivity index (χ3n) is 1.46. The molecule has 1 aromatic carbocycles. The highest BCUT2D eigenvalue weighted by Gasteiger charge is 2.11. The molecule has 0 amide bonds. The quantitative estimate of drug-likeness (QED) is 0.715. The Labute approximate surface area is 81.5 Å². The zero-order chi connectivity index (χ0) is 10.1. The van der Waals surface area contributed by atoms with E-state index in [4.69, 9.17) is 16.9 Å². The van der Waals surface area contributed by atoms with Crippen LogP contribution < -0.4 is 0 Å². The maximum absolute atomic E-state index is 11.1. The summed E-state index contributed by atoms with van der Waals surface area (Å²) in [5.41, 5.74) is 0.345. The highest BCUT2D eigenvalue weighted by molar-refractivity contribution is 7.90. The lowest BCUT2D eigenvalue weighted by molar-refractivity contribution is 0.602. The molecule has 0 heterocycles. The van der Waals surface area contributed by atoms with E-state index in [0.717, 1.165) is 6.26 Å². The van der Waals surface area contributed by atoms with Gasteiger partial charge in [-0.2, -0.15) is 5.26 Å². The molecule has 0 radical (unpaired) electrons. The molecule has 1 aromatic rings. The summed E-state index contributed by atoms with van der Waals surface area (Å²) in [7, 11) is -3.30. The second-order valence-electron chi connectivity index (χ2n) is 2.53. The Morgan fingerprint density at radius 2 is 2.08 bits per heavy atom. The number of benzene rings is 1. The van der Waals surface area contributed by atoms with Crippen LogP contribution in [0.2, 0.25) is 5.02 Å². The first-order chi connectivity index (χ1) is 5.95. The van der Waals surface area contributed by atoms with Gasteiger partial charge in [0, 0.05) is 6.26 Å². The van der Waals surface area contributed by atoms with Crippen LogP contribution in [0.3, 0.4) is 0 Å². The number of nitriles is 1. The van der Waals surface area contributed by atoms with E-state index in [1.165, 1.54) is 18.2 Å². The van der Waals surface area contributed by atoms with E-state index in [0.29, 0.717) is 5.56 Å². The molecular weight excluding hydrogens is 210 g/mol. The van der Waals surface area contributed by atoms with Gasteiger partial charge in [0.2, 0.25) is 0 Å². The van der Waals surface area contributed by atoms with Crippen molar-refractivity contribution in [1.82, 2.24) is 0 Å². The maximum Gasteiger partial charge on any atom is 0.176 e. The van der Waals surface area contributed by atoms with Gasteiger partial charge in [0.15, 0.2) is 9.84 Å². The summed E-state index contributed by atoms with van der Waals surface area (Å²) >= 11 is 5.66. The van der Waals surface area contributed by atoms with Gasteiger partial charge in [0.1, 0.15) is 0 Å². The van der Waals surface area contributed by atoms with E-state index in [2.05, 4.69) is 0 Å². The van der Waals surface area contributed by atoms with E-state index in [1.807, 2.05) is 6.07 Å². The monoisotopic (exact) mass is 215 g/mol. The van der Waals surface area contributed by atoms with Crippen LogP contribution in [0, 0.1) is 11.3 Å². The van der Waals surface area contributed by atoms with Crippen LogP contribution >= 0.6 is 11.6 Å². The van der Waals surface area contributed by atoms with Crippen molar-refractivity contribution in [3.63, 3.8) is 0 Å². The first-order valence-electron chi connectivity index (χ1n) is 3.35. The lowest BCUT2D eigenvalue weighted by atomic mass is 10.2. The molecule has 3 nitrogen and oxygen atoms in total. The molecule has 1 rings (SSSR count). The zero-order valence-electron chi connectivity index (χ0n) is 6.78. The van der Waals surface area contributed by atoms with Gasteiger partial charge in [-0.3, -0.25) is 0 Å². The van der Waals surface area contributed by atoms with Gasteiger partial charge in [-0.1, -0.05) is 11.6 Å². The molecule has 0 aromatic heterocycles. The SMILES string of the molecule is CS(=O)(=O)c1ccc(C#N)cc1Cl. The van der Waals surface area contributed by atoms with Crippen molar-refractivity contribution in [3.05, 3.63) is 28.8 Å². The fourth-order valence-electron chi connectivity index (χ4n) is 0.871. The molecule has 68 valence electrons. The Bertz CT molecular complexity index is 473. The predicted octanol–water partition coefficient (Wildman–Crippen LogP) is 1.62. The molecule has 0 spiro atoms. The molecule has 0 aliphatic carbocycles. The first-order valence-corrected chi connectivity index (χ1v) is 5.62. The molecule has 0 aliphatic rings. The number of halogens is 1. The van der Waals surface area contributed by atoms with Gasteiger partial charge in [0.05, 0.1) is 21.6 Å². The van der Waals surface area contributed by atoms with Crippen molar-refractivity contribution in [3.8, 4) is 6.07 Å². The molecule has 0 unspecified atom stereocenters. The van der Waals surface area contributed by atoms with E-state index in [1.54, 1.807) is 0 Å². The van der Waals surface area contributed by atoms with Gasteiger partial charge in [0.25, 0.3) is 0 Å². The average Bonchev–Trinajstić information content (AvgIpc) is 2.01. The van der Waals surface area contributed by atoms with Crippen LogP contribution in [-0.2, 0) is 9.84 Å². The fraction of sp³-hybridized carbons (Fsp3) is 0.125. The molecule has 13 heavy (non-hydrogen) atoms. The number of rotatable bonds is 1. The van der Waals surface area contributed by atoms with Crippen LogP contribution in [0.5, 0.6) is 0 Å². The maximum atomic E-state index is 11.1. The summed E-state index contributed by atoms with van der Waals surface area (Å²) in [5, 5.41) is 8.58. The minimum absolute atomic E-state index is 0.0492. The van der Waals surface area contributed by atoms with Crippen molar-refractivity contribution in [1.29, 1.82) is 5.26 Å². The Balaban J connectivity index is 3.40. The Hall–Kier alpha value is -1.05. The van der Waals surface area contributed by atoms with E-state index in [-0.39, 0.29) is 9.92 Å². The minimum atomic E-state index is -3.30. The van der Waals surface area contributed by atoms with Gasteiger partial charge >= 0.3 is 0 Å². The van der Waals surface area contributed by atoms with Crippen molar-refractivity contribution >= 4 is 21.4 Å². The van der Waals surface area contributed by atoms with Crippen LogP contribution in [0.25, 0.3) is 0 Å². The minimum Gasteiger partial charge on any atom is -0.224 e. The molecule has 5 heteroatoms. The first kappa shape index (κ1) is 10.0. The topological polar surface area (TPSA) is 57.9 Å². The molecule has 0 saturated carbocycles. The van der Waals surface area contributed by atoms with Crippen LogP contribution in [0.1, 0.15) is 5.56 Å². The highest BCUT2D eigenvalue weighted by atomic mass is 35.5. The smallest absolute Gasteiger partial charge is 0.176 e. The van der Waals surface area contributed by atoms with Crippen LogP contribution in [-0.4, -0.2) is 14.7 Å². The van der Waals surface area contributed by atoms with E-state index in [9.17, 15) is 8.42 Å². The Morgan fingerprint density at radius 1 is 1.46 bits per heavy atom. The van der Waals surface area contributed by atoms with Crippen molar-refractivity contribution in [2.45, 2.75) is 4.90 Å². The summed E-state index contributed by atoms with van der Waals surface area (Å²) in [6.07, 6.45) is 1.07. The van der Waals surface area contributed by atoms with Gasteiger partial charge in [-0.25, -0.2) is 8.42 Å². The summed E-state index contributed by atoms with van der Waals surface area (Å²) < 4.78 is 22.2. The largest absolute Gasteiger partial charge is 0.224 e. The molecule has 0 saturated heterocycles. The van der Waals surface area contributed by atoms with Crippen molar-refractivity contribution in [2.24, 2.45) is 0 Å². The number of hydrogen-bond donors (Lipinski definition) is 0. The van der Waals surface area contributed by atoms with Gasteiger partial charge in [-0.05, 0) is 18.2 Å². The lowest BCUT2D eigenvalue weighted by Crippen LogP contribution is -1.97. The Kier molecular flexibility index (Phi) is 2.60. The van der Waals surface area contributed by atoms with E-state index < -0.39 is 9.84 Å². The third kappa shape index (κ3) is 2.20. The summed E-state index contributed by atoms with van der Waals surface area (Å²) in [5.74, 6) is 0. The summed E-state index contributed by atoms with van der Waals surface area (Å²) in [6.45, 7) is 0. The number of hydrogen-bond acceptors (Lipinski definition) is 3. The molecule has 0 bridgehead atoms. The zero-order valence-corrected chi connectivity index (χ0v) is 8.35. The van der Waals surface area contributed by atoms with Crippen LogP contribution in [0.4, 0.5) is 0 Å². The standard InChI is InChI=1S/C8H6ClNO2S/c1-13(11,12)8-3-2-6(5-10)4-7(8)9/h2-4H,1H3. The average molecular weight is 216 g/mol. The third-order valence-corrected chi connectivity index (χ3v) is 3.04. The molecule has 0 N–H and O–H groups in total. The highest BCUT2D eigenvalue weighted by Crippen LogP contribution is 2.21. The van der Waals surface area contributed by atoms with Crippen molar-refractivity contribution in [2.75, 3.05) is 6.26 Å². The molecular formula is C8H6ClNO2S. The normalized spacial score (nSPS) is 10.8. The second-order valence-corrected chi connectivity index (χ2v) is 4.92. The molecule has 0 atom stereocenters. The molecule has 0 fully saturated rings. The fourth-order valence-corrected chi connectivity index (χ4v) is 2.20. The van der Waals surface area contributed by atoms with Crippen molar-refractivity contribution < 1.29 is 8.42 Å². The number of sulfone groups is 1. The summed E-state index contributed by atoms with van der Waals surface area (Å²) in [4.78, 5) is 0.0492.